The number of carbonyl (C=O) groups excluding carboxylic acids is 1. The summed E-state index contributed by atoms with van der Waals surface area (Å²) < 4.78 is 5.54. The Morgan fingerprint density at radius 2 is 1.79 bits per heavy atom. The number of rotatable bonds is 6. The van der Waals surface area contributed by atoms with Gasteiger partial charge >= 0.3 is 0 Å². The summed E-state index contributed by atoms with van der Waals surface area (Å²) >= 11 is 1.28. The van der Waals surface area contributed by atoms with Crippen LogP contribution in [0.15, 0.2) is 53.9 Å². The van der Waals surface area contributed by atoms with Gasteiger partial charge in [-0.25, -0.2) is 4.98 Å². The quantitative estimate of drug-likeness (QED) is 0.453. The molecule has 1 amide bonds. The molecule has 0 unspecified atom stereocenters. The summed E-state index contributed by atoms with van der Waals surface area (Å²) in [4.78, 5) is 26.8. The van der Waals surface area contributed by atoms with Crippen molar-refractivity contribution in [3.8, 4) is 17.0 Å². The van der Waals surface area contributed by atoms with Crippen LogP contribution in [-0.4, -0.2) is 22.4 Å². The molecule has 3 aromatic rings. The van der Waals surface area contributed by atoms with Gasteiger partial charge in [0.05, 0.1) is 10.6 Å². The van der Waals surface area contributed by atoms with Crippen LogP contribution in [0.3, 0.4) is 0 Å². The molecule has 0 fully saturated rings. The van der Waals surface area contributed by atoms with Crippen LogP contribution in [0.25, 0.3) is 11.3 Å². The maximum Gasteiger partial charge on any atom is 0.269 e. The lowest BCUT2D eigenvalue weighted by Gasteiger charge is -2.19. The van der Waals surface area contributed by atoms with E-state index in [2.05, 4.69) is 31.1 Å². The standard InChI is InChI=1S/C21H21N3O4S/c1-21(2,3)15-6-10-17(11-7-15)28-12-19(25)23-20-22-18(13-29-20)14-4-8-16(9-5-14)24(26)27/h4-11,13H,12H2,1-3H3,(H,22,23,25). The summed E-state index contributed by atoms with van der Waals surface area (Å²) in [7, 11) is 0. The Morgan fingerprint density at radius 1 is 1.14 bits per heavy atom. The van der Waals surface area contributed by atoms with Crippen molar-refractivity contribution in [2.75, 3.05) is 11.9 Å². The summed E-state index contributed by atoms with van der Waals surface area (Å²) in [6.45, 7) is 6.28. The van der Waals surface area contributed by atoms with Gasteiger partial charge in [0.1, 0.15) is 5.75 Å². The number of nitrogens with one attached hydrogen (secondary N) is 1. The summed E-state index contributed by atoms with van der Waals surface area (Å²) in [6, 6.07) is 13.8. The van der Waals surface area contributed by atoms with Gasteiger partial charge in [0.2, 0.25) is 0 Å². The molecule has 2 aromatic carbocycles. The Balaban J connectivity index is 1.55. The van der Waals surface area contributed by atoms with Crippen LogP contribution in [0.4, 0.5) is 10.8 Å². The van der Waals surface area contributed by atoms with Crippen molar-refractivity contribution in [3.05, 3.63) is 69.6 Å². The van der Waals surface area contributed by atoms with Crippen molar-refractivity contribution in [2.24, 2.45) is 0 Å². The van der Waals surface area contributed by atoms with Crippen molar-refractivity contribution in [2.45, 2.75) is 26.2 Å². The maximum atomic E-state index is 12.1. The van der Waals surface area contributed by atoms with Crippen LogP contribution in [-0.2, 0) is 10.2 Å². The fourth-order valence-corrected chi connectivity index (χ4v) is 3.31. The molecule has 1 aromatic heterocycles. The summed E-state index contributed by atoms with van der Waals surface area (Å²) in [5.41, 5.74) is 2.64. The fraction of sp³-hybridized carbons (Fsp3) is 0.238. The number of benzene rings is 2. The molecule has 8 heteroatoms. The Hall–Kier alpha value is -3.26. The molecule has 1 heterocycles. The number of non-ortho nitro benzene ring substituents is 1. The Labute approximate surface area is 172 Å². The van der Waals surface area contributed by atoms with Crippen LogP contribution >= 0.6 is 11.3 Å². The summed E-state index contributed by atoms with van der Waals surface area (Å²) in [5.74, 6) is 0.313. The SMILES string of the molecule is CC(C)(C)c1ccc(OCC(=O)Nc2nc(-c3ccc([N+](=O)[O-])cc3)cs2)cc1. The maximum absolute atomic E-state index is 12.1. The molecule has 0 radical (unpaired) electrons. The van der Waals surface area contributed by atoms with E-state index in [4.69, 9.17) is 4.74 Å². The number of anilines is 1. The van der Waals surface area contributed by atoms with Gasteiger partial charge in [0, 0.05) is 23.1 Å². The van der Waals surface area contributed by atoms with Gasteiger partial charge in [0.25, 0.3) is 11.6 Å². The highest BCUT2D eigenvalue weighted by molar-refractivity contribution is 7.14. The lowest BCUT2D eigenvalue weighted by Crippen LogP contribution is -2.20. The van der Waals surface area contributed by atoms with Crippen molar-refractivity contribution in [1.29, 1.82) is 0 Å². The lowest BCUT2D eigenvalue weighted by molar-refractivity contribution is -0.384. The molecule has 150 valence electrons. The number of aromatic nitrogens is 1. The van der Waals surface area contributed by atoms with E-state index in [0.29, 0.717) is 16.6 Å². The highest BCUT2D eigenvalue weighted by atomic mass is 32.1. The van der Waals surface area contributed by atoms with Gasteiger partial charge in [-0.3, -0.25) is 20.2 Å². The largest absolute Gasteiger partial charge is 0.484 e. The van der Waals surface area contributed by atoms with Crippen molar-refractivity contribution in [3.63, 3.8) is 0 Å². The molecule has 0 saturated heterocycles. The molecule has 3 rings (SSSR count). The molecule has 0 atom stereocenters. The number of ether oxygens (including phenoxy) is 1. The van der Waals surface area contributed by atoms with Gasteiger partial charge in [-0.15, -0.1) is 11.3 Å². The van der Waals surface area contributed by atoms with Gasteiger partial charge in [-0.1, -0.05) is 32.9 Å². The average Bonchev–Trinajstić information content (AvgIpc) is 3.14. The number of amides is 1. The first-order chi connectivity index (χ1) is 13.7. The summed E-state index contributed by atoms with van der Waals surface area (Å²) in [6.07, 6.45) is 0. The molecule has 0 spiro atoms. The smallest absolute Gasteiger partial charge is 0.269 e. The third-order valence-corrected chi connectivity index (χ3v) is 4.97. The van der Waals surface area contributed by atoms with E-state index >= 15 is 0 Å². The predicted molar refractivity (Wildman–Crippen MR) is 113 cm³/mol. The van der Waals surface area contributed by atoms with E-state index in [1.165, 1.54) is 29.0 Å². The van der Waals surface area contributed by atoms with Crippen molar-refractivity contribution < 1.29 is 14.5 Å². The number of thiazole rings is 1. The molecule has 29 heavy (non-hydrogen) atoms. The monoisotopic (exact) mass is 411 g/mol. The Morgan fingerprint density at radius 3 is 2.38 bits per heavy atom. The predicted octanol–water partition coefficient (Wildman–Crippen LogP) is 5.03. The third-order valence-electron chi connectivity index (χ3n) is 4.21. The normalized spacial score (nSPS) is 11.1. The first-order valence-electron chi connectivity index (χ1n) is 8.96. The second-order valence-electron chi connectivity index (χ2n) is 7.45. The highest BCUT2D eigenvalue weighted by Gasteiger charge is 2.14. The number of nitrogens with zero attached hydrogens (tertiary/aromatic N) is 2. The zero-order valence-electron chi connectivity index (χ0n) is 16.3. The van der Waals surface area contributed by atoms with E-state index in [9.17, 15) is 14.9 Å². The molecule has 0 aliphatic rings. The zero-order chi connectivity index (χ0) is 21.0. The van der Waals surface area contributed by atoms with Crippen LogP contribution in [0.2, 0.25) is 0 Å². The van der Waals surface area contributed by atoms with E-state index in [1.54, 1.807) is 17.5 Å². The van der Waals surface area contributed by atoms with E-state index in [-0.39, 0.29) is 23.6 Å². The minimum absolute atomic E-state index is 0.0187. The van der Waals surface area contributed by atoms with Gasteiger partial charge in [-0.2, -0.15) is 0 Å². The Kier molecular flexibility index (Phi) is 5.93. The molecule has 0 aliphatic carbocycles. The van der Waals surface area contributed by atoms with Crippen molar-refractivity contribution in [1.82, 2.24) is 4.98 Å². The average molecular weight is 411 g/mol. The second-order valence-corrected chi connectivity index (χ2v) is 8.31. The molecular formula is C21H21N3O4S. The van der Waals surface area contributed by atoms with Crippen LogP contribution < -0.4 is 10.1 Å². The highest BCUT2D eigenvalue weighted by Crippen LogP contribution is 2.27. The Bertz CT molecular complexity index is 1010. The zero-order valence-corrected chi connectivity index (χ0v) is 17.2. The van der Waals surface area contributed by atoms with Gasteiger partial charge in [-0.05, 0) is 35.2 Å². The first kappa shape index (κ1) is 20.5. The number of carbonyl (C=O) groups is 1. The minimum atomic E-state index is -0.451. The number of hydrogen-bond donors (Lipinski definition) is 1. The summed E-state index contributed by atoms with van der Waals surface area (Å²) in [5, 5.41) is 15.7. The lowest BCUT2D eigenvalue weighted by atomic mass is 9.87. The minimum Gasteiger partial charge on any atom is -0.484 e. The van der Waals surface area contributed by atoms with Gasteiger partial charge in [0.15, 0.2) is 11.7 Å². The fourth-order valence-electron chi connectivity index (χ4n) is 2.57. The molecule has 0 bridgehead atoms. The van der Waals surface area contributed by atoms with Crippen molar-refractivity contribution >= 4 is 28.1 Å². The van der Waals surface area contributed by atoms with Crippen LogP contribution in [0.1, 0.15) is 26.3 Å². The number of hydrogen-bond acceptors (Lipinski definition) is 6. The molecular weight excluding hydrogens is 390 g/mol. The first-order valence-corrected chi connectivity index (χ1v) is 9.84. The number of nitro benzene ring substituents is 1. The number of nitro groups is 1. The molecule has 1 N–H and O–H groups in total. The van der Waals surface area contributed by atoms with Crippen LogP contribution in [0, 0.1) is 10.1 Å². The van der Waals surface area contributed by atoms with Crippen LogP contribution in [0.5, 0.6) is 5.75 Å². The second kappa shape index (κ2) is 8.40. The van der Waals surface area contributed by atoms with E-state index in [1.807, 2.05) is 24.3 Å². The molecule has 7 nitrogen and oxygen atoms in total. The van der Waals surface area contributed by atoms with E-state index < -0.39 is 4.92 Å². The molecule has 0 aliphatic heterocycles. The third kappa shape index (κ3) is 5.39. The van der Waals surface area contributed by atoms with Gasteiger partial charge < -0.3 is 4.74 Å². The van der Waals surface area contributed by atoms with E-state index in [0.717, 1.165) is 5.56 Å². The molecule has 0 saturated carbocycles. The topological polar surface area (TPSA) is 94.4 Å².